The van der Waals surface area contributed by atoms with Crippen molar-refractivity contribution >= 4 is 6.09 Å². The Morgan fingerprint density at radius 3 is 2.68 bits per heavy atom. The van der Waals surface area contributed by atoms with E-state index in [4.69, 9.17) is 4.74 Å². The molecule has 1 fully saturated rings. The number of alkyl halides is 3. The minimum Gasteiger partial charge on any atom is -0.444 e. The number of nitrogens with zero attached hydrogens (tertiary/aromatic N) is 2. The van der Waals surface area contributed by atoms with Crippen molar-refractivity contribution in [2.45, 2.75) is 63.8 Å². The number of piperidine rings is 1. The second kappa shape index (κ2) is 8.29. The van der Waals surface area contributed by atoms with Crippen molar-refractivity contribution in [3.8, 4) is 6.19 Å². The van der Waals surface area contributed by atoms with Gasteiger partial charge in [0.2, 0.25) is 0 Å². The Bertz CT molecular complexity index is 737. The lowest BCUT2D eigenvalue weighted by Gasteiger charge is -2.42. The number of amides is 1. The molecule has 1 atom stereocenters. The number of hydrogen-bond acceptors (Lipinski definition) is 4. The Kier molecular flexibility index (Phi) is 6.48. The van der Waals surface area contributed by atoms with Crippen molar-refractivity contribution < 1.29 is 22.7 Å². The van der Waals surface area contributed by atoms with E-state index in [0.717, 1.165) is 12.1 Å². The lowest BCUT2D eigenvalue weighted by Crippen LogP contribution is -2.57. The summed E-state index contributed by atoms with van der Waals surface area (Å²) < 4.78 is 44.2. The predicted octanol–water partition coefficient (Wildman–Crippen LogP) is 4.48. The first kappa shape index (κ1) is 21.9. The van der Waals surface area contributed by atoms with Crippen LogP contribution in [-0.2, 0) is 17.3 Å². The maximum absolute atomic E-state index is 12.9. The third-order valence-corrected chi connectivity index (χ3v) is 4.70. The third kappa shape index (κ3) is 6.04. The van der Waals surface area contributed by atoms with Crippen LogP contribution in [0.15, 0.2) is 24.3 Å². The van der Waals surface area contributed by atoms with Gasteiger partial charge in [0.15, 0.2) is 6.19 Å². The van der Waals surface area contributed by atoms with Gasteiger partial charge in [-0.1, -0.05) is 18.2 Å². The van der Waals surface area contributed by atoms with E-state index in [-0.39, 0.29) is 6.54 Å². The molecule has 1 N–H and O–H groups in total. The van der Waals surface area contributed by atoms with E-state index in [1.54, 1.807) is 31.7 Å². The van der Waals surface area contributed by atoms with E-state index in [1.807, 2.05) is 6.19 Å². The summed E-state index contributed by atoms with van der Waals surface area (Å²) in [5.41, 5.74) is -1.45. The lowest BCUT2D eigenvalue weighted by atomic mass is 9.83. The monoisotopic (exact) mass is 397 g/mol. The van der Waals surface area contributed by atoms with Gasteiger partial charge in [0.05, 0.1) is 11.1 Å². The highest BCUT2D eigenvalue weighted by Crippen LogP contribution is 2.31. The molecule has 1 aliphatic heterocycles. The second-order valence-electron chi connectivity index (χ2n) is 8.22. The second-order valence-corrected chi connectivity index (χ2v) is 8.22. The molecule has 154 valence electrons. The van der Waals surface area contributed by atoms with Crippen LogP contribution in [0.4, 0.5) is 18.0 Å². The number of nitrogens with one attached hydrogen (secondary N) is 1. The fourth-order valence-corrected chi connectivity index (χ4v) is 3.39. The number of halogens is 3. The lowest BCUT2D eigenvalue weighted by molar-refractivity contribution is -0.137. The van der Waals surface area contributed by atoms with Gasteiger partial charge in [-0.2, -0.15) is 18.4 Å². The number of nitriles is 1. The van der Waals surface area contributed by atoms with Crippen LogP contribution in [0.1, 0.15) is 51.2 Å². The molecule has 2 rings (SSSR count). The number of benzene rings is 1. The fourth-order valence-electron chi connectivity index (χ4n) is 3.39. The molecule has 0 spiro atoms. The standard InChI is InChI=1S/C20H26F3N3O2/c1-18(2,3)28-17(27)26-11-5-9-19(13-26,25-14-24)10-8-15-6-4-7-16(12-15)20(21,22)23/h4,6-7,12,25H,5,8-11,13H2,1-3H3. The van der Waals surface area contributed by atoms with Crippen LogP contribution in [0, 0.1) is 11.5 Å². The van der Waals surface area contributed by atoms with Crippen molar-refractivity contribution in [2.75, 3.05) is 13.1 Å². The quantitative estimate of drug-likeness (QED) is 0.601. The topological polar surface area (TPSA) is 65.4 Å². The molecule has 1 aliphatic rings. The molecule has 1 unspecified atom stereocenters. The van der Waals surface area contributed by atoms with Crippen molar-refractivity contribution in [3.63, 3.8) is 0 Å². The first-order valence-corrected chi connectivity index (χ1v) is 9.24. The number of ether oxygens (including phenoxy) is 1. The molecule has 28 heavy (non-hydrogen) atoms. The number of hydrogen-bond donors (Lipinski definition) is 1. The highest BCUT2D eigenvalue weighted by atomic mass is 19.4. The fraction of sp³-hybridized carbons (Fsp3) is 0.600. The van der Waals surface area contributed by atoms with Gasteiger partial charge >= 0.3 is 12.3 Å². The Morgan fingerprint density at radius 2 is 2.07 bits per heavy atom. The summed E-state index contributed by atoms with van der Waals surface area (Å²) in [4.78, 5) is 14.0. The smallest absolute Gasteiger partial charge is 0.416 e. The summed E-state index contributed by atoms with van der Waals surface area (Å²) in [7, 11) is 0. The molecule has 1 aromatic rings. The summed E-state index contributed by atoms with van der Waals surface area (Å²) in [5.74, 6) is 0. The number of likely N-dealkylation sites (tertiary alicyclic amines) is 1. The van der Waals surface area contributed by atoms with Crippen LogP contribution >= 0.6 is 0 Å². The Balaban J connectivity index is 2.11. The number of aryl methyl sites for hydroxylation is 1. The number of carbonyl (C=O) groups excluding carboxylic acids is 1. The Labute approximate surface area is 163 Å². The number of rotatable bonds is 4. The maximum Gasteiger partial charge on any atom is 0.416 e. The van der Waals surface area contributed by atoms with Gasteiger partial charge in [0.25, 0.3) is 0 Å². The van der Waals surface area contributed by atoms with Crippen molar-refractivity contribution in [1.29, 1.82) is 5.26 Å². The molecule has 0 aliphatic carbocycles. The molecule has 8 heteroatoms. The zero-order valence-electron chi connectivity index (χ0n) is 16.4. The summed E-state index contributed by atoms with van der Waals surface area (Å²) in [6.45, 7) is 6.14. The van der Waals surface area contributed by atoms with Crippen LogP contribution in [0.3, 0.4) is 0 Å². The Morgan fingerprint density at radius 1 is 1.36 bits per heavy atom. The SMILES string of the molecule is CC(C)(C)OC(=O)N1CCCC(CCc2cccc(C(F)(F)F)c2)(NC#N)C1. The molecule has 1 heterocycles. The maximum atomic E-state index is 12.9. The third-order valence-electron chi connectivity index (χ3n) is 4.70. The normalized spacial score (nSPS) is 20.4. The number of carbonyl (C=O) groups is 1. The molecule has 1 amide bonds. The summed E-state index contributed by atoms with van der Waals surface area (Å²) in [6.07, 6.45) is -0.769. The highest BCUT2D eigenvalue weighted by Gasteiger charge is 2.38. The highest BCUT2D eigenvalue weighted by molar-refractivity contribution is 5.68. The van der Waals surface area contributed by atoms with Crippen LogP contribution in [0.5, 0.6) is 0 Å². The van der Waals surface area contributed by atoms with E-state index in [9.17, 15) is 23.2 Å². The Hall–Kier alpha value is -2.43. The van der Waals surface area contributed by atoms with E-state index >= 15 is 0 Å². The summed E-state index contributed by atoms with van der Waals surface area (Å²) >= 11 is 0. The first-order valence-electron chi connectivity index (χ1n) is 9.24. The molecule has 1 aromatic carbocycles. The minimum atomic E-state index is -4.39. The van der Waals surface area contributed by atoms with Gasteiger partial charge in [-0.25, -0.2) is 4.79 Å². The molecule has 1 saturated heterocycles. The van der Waals surface area contributed by atoms with E-state index in [2.05, 4.69) is 5.32 Å². The molecule has 5 nitrogen and oxygen atoms in total. The van der Waals surface area contributed by atoms with Crippen molar-refractivity contribution in [1.82, 2.24) is 10.2 Å². The van der Waals surface area contributed by atoms with Gasteiger partial charge < -0.3 is 15.0 Å². The predicted molar refractivity (Wildman–Crippen MR) is 98.3 cm³/mol. The average molecular weight is 397 g/mol. The van der Waals surface area contributed by atoms with Gasteiger partial charge in [-0.15, -0.1) is 0 Å². The molecular weight excluding hydrogens is 371 g/mol. The largest absolute Gasteiger partial charge is 0.444 e. The molecular formula is C20H26F3N3O2. The van der Waals surface area contributed by atoms with Gasteiger partial charge in [0.1, 0.15) is 5.60 Å². The van der Waals surface area contributed by atoms with E-state index in [1.165, 1.54) is 6.07 Å². The van der Waals surface area contributed by atoms with Crippen LogP contribution in [-0.4, -0.2) is 35.2 Å². The summed E-state index contributed by atoms with van der Waals surface area (Å²) in [6, 6.07) is 5.20. The minimum absolute atomic E-state index is 0.272. The van der Waals surface area contributed by atoms with Gasteiger partial charge in [0, 0.05) is 13.1 Å². The molecule has 0 radical (unpaired) electrons. The summed E-state index contributed by atoms with van der Waals surface area (Å²) in [5, 5.41) is 12.0. The molecule has 0 bridgehead atoms. The van der Waals surface area contributed by atoms with Crippen LogP contribution in [0.25, 0.3) is 0 Å². The van der Waals surface area contributed by atoms with E-state index < -0.39 is 29.0 Å². The zero-order chi connectivity index (χ0) is 21.0. The average Bonchev–Trinajstić information content (AvgIpc) is 2.59. The van der Waals surface area contributed by atoms with Crippen LogP contribution in [0.2, 0.25) is 0 Å². The van der Waals surface area contributed by atoms with Crippen molar-refractivity contribution in [2.24, 2.45) is 0 Å². The zero-order valence-corrected chi connectivity index (χ0v) is 16.4. The van der Waals surface area contributed by atoms with E-state index in [0.29, 0.717) is 37.8 Å². The van der Waals surface area contributed by atoms with Crippen LogP contribution < -0.4 is 5.32 Å². The molecule has 0 aromatic heterocycles. The van der Waals surface area contributed by atoms with Gasteiger partial charge in [-0.3, -0.25) is 0 Å². The molecule has 0 saturated carbocycles. The van der Waals surface area contributed by atoms with Gasteiger partial charge in [-0.05, 0) is 58.1 Å². The first-order chi connectivity index (χ1) is 12.9. The van der Waals surface area contributed by atoms with Crippen molar-refractivity contribution in [3.05, 3.63) is 35.4 Å².